The van der Waals surface area contributed by atoms with E-state index in [1.807, 2.05) is 35.7 Å². The minimum absolute atomic E-state index is 0.0479. The van der Waals surface area contributed by atoms with Gasteiger partial charge < -0.3 is 19.8 Å². The molecule has 2 N–H and O–H groups in total. The van der Waals surface area contributed by atoms with Crippen LogP contribution in [-0.4, -0.2) is 35.9 Å². The van der Waals surface area contributed by atoms with Gasteiger partial charge in [0, 0.05) is 16.5 Å². The second kappa shape index (κ2) is 14.4. The summed E-state index contributed by atoms with van der Waals surface area (Å²) in [6.45, 7) is 12.8. The number of amides is 2. The lowest BCUT2D eigenvalue weighted by molar-refractivity contribution is -0.130. The molecule has 0 spiro atoms. The largest absolute Gasteiger partial charge is 0.480 e. The van der Waals surface area contributed by atoms with Gasteiger partial charge in [0.2, 0.25) is 11.8 Å². The third-order valence-electron chi connectivity index (χ3n) is 8.55. The number of rotatable bonds is 10. The van der Waals surface area contributed by atoms with Gasteiger partial charge in [0.25, 0.3) is 5.91 Å². The van der Waals surface area contributed by atoms with E-state index in [-0.39, 0.29) is 23.1 Å². The summed E-state index contributed by atoms with van der Waals surface area (Å²) in [7, 11) is 1.59. The number of aliphatic imine (C=N–C) groups is 1. The number of thiophene rings is 1. The molecule has 2 aliphatic rings. The quantitative estimate of drug-likeness (QED) is 0.179. The number of carbonyl (C=O) groups is 2. The maximum Gasteiger partial charge on any atom is 0.287 e. The van der Waals surface area contributed by atoms with Gasteiger partial charge in [-0.3, -0.25) is 9.59 Å². The van der Waals surface area contributed by atoms with E-state index in [4.69, 9.17) is 9.15 Å². The van der Waals surface area contributed by atoms with Gasteiger partial charge >= 0.3 is 0 Å². The Morgan fingerprint density at radius 2 is 1.79 bits per heavy atom. The number of nitrogens with zero attached hydrogens (tertiary/aromatic N) is 1. The Kier molecular flexibility index (Phi) is 10.9. The lowest BCUT2D eigenvalue weighted by Gasteiger charge is -2.38. The van der Waals surface area contributed by atoms with Crippen molar-refractivity contribution in [3.05, 3.63) is 64.6 Å². The fourth-order valence-corrected chi connectivity index (χ4v) is 6.58. The second-order valence-corrected chi connectivity index (χ2v) is 13.0. The Bertz CT molecular complexity index is 1430. The van der Waals surface area contributed by atoms with Crippen LogP contribution in [0.15, 0.2) is 57.8 Å². The molecule has 0 radical (unpaired) electrons. The zero-order chi connectivity index (χ0) is 31.0. The smallest absolute Gasteiger partial charge is 0.287 e. The van der Waals surface area contributed by atoms with Gasteiger partial charge in [0.05, 0.1) is 17.7 Å². The van der Waals surface area contributed by atoms with E-state index in [1.165, 1.54) is 17.8 Å². The first kappa shape index (κ1) is 32.5. The predicted octanol–water partition coefficient (Wildman–Crippen LogP) is 8.49. The predicted molar refractivity (Wildman–Crippen MR) is 177 cm³/mol. The summed E-state index contributed by atoms with van der Waals surface area (Å²) in [4.78, 5) is 32.7. The molecule has 1 aromatic carbocycles. The zero-order valence-corrected chi connectivity index (χ0v) is 27.2. The Balaban J connectivity index is 0.00000135. The van der Waals surface area contributed by atoms with Crippen LogP contribution in [0.4, 0.5) is 0 Å². The Hall–Kier alpha value is -3.39. The van der Waals surface area contributed by atoms with Crippen molar-refractivity contribution in [3.63, 3.8) is 0 Å². The standard InChI is InChI=1S/C32H39N3O4S.C3H8/c1-5-10-21(2)31(16-17-31)35-30(37)32(14-7-6-8-15-32)34-28(36)26-20-24-13-12-23(19-25(24)39-26)22(3)33-29(38-4)27-11-9-18-40-27;1-3-2/h9,11-13,18-21H,3,5-8,10,14-17H2,1-2,4H3,(H,34,36)(H,35,37);3H2,1-2H3. The highest BCUT2D eigenvalue weighted by Gasteiger charge is 2.52. The summed E-state index contributed by atoms with van der Waals surface area (Å²) in [5.74, 6) is 0.695. The maximum absolute atomic E-state index is 13.8. The normalized spacial score (nSPS) is 17.7. The van der Waals surface area contributed by atoms with E-state index >= 15 is 0 Å². The number of benzene rings is 1. The van der Waals surface area contributed by atoms with Gasteiger partial charge in [-0.05, 0) is 61.6 Å². The average Bonchev–Trinajstić information content (AvgIpc) is 3.38. The Morgan fingerprint density at radius 1 is 1.07 bits per heavy atom. The highest BCUT2D eigenvalue weighted by Crippen LogP contribution is 2.45. The minimum atomic E-state index is -0.914. The SMILES string of the molecule is C=C(N=C(OC)c1cccs1)c1ccc2cc(C(=O)NC3(C(=O)NC4(C(C)CCC)CC4)CCCCC3)oc2c1.CCC. The first-order valence-corrected chi connectivity index (χ1v) is 16.6. The Morgan fingerprint density at radius 3 is 2.40 bits per heavy atom. The maximum atomic E-state index is 13.8. The molecule has 0 aliphatic heterocycles. The van der Waals surface area contributed by atoms with E-state index in [2.05, 4.69) is 49.9 Å². The monoisotopic (exact) mass is 605 g/mol. The molecule has 2 saturated carbocycles. The number of carbonyl (C=O) groups excluding carboxylic acids is 2. The van der Waals surface area contributed by atoms with Crippen molar-refractivity contribution in [2.45, 2.75) is 103 Å². The highest BCUT2D eigenvalue weighted by molar-refractivity contribution is 7.12. The van der Waals surface area contributed by atoms with E-state index in [9.17, 15) is 9.59 Å². The molecule has 1 unspecified atom stereocenters. The topological polar surface area (TPSA) is 92.9 Å². The van der Waals surface area contributed by atoms with Crippen LogP contribution in [0.1, 0.15) is 113 Å². The second-order valence-electron chi connectivity index (χ2n) is 12.0. The van der Waals surface area contributed by atoms with Crippen LogP contribution in [0.5, 0.6) is 0 Å². The molecule has 5 rings (SSSR count). The average molecular weight is 606 g/mol. The molecule has 3 aromatic rings. The number of methoxy groups -OCH3 is 1. The molecule has 0 saturated heterocycles. The van der Waals surface area contributed by atoms with Crippen LogP contribution >= 0.6 is 11.3 Å². The van der Waals surface area contributed by atoms with Crippen LogP contribution in [0.3, 0.4) is 0 Å². The van der Waals surface area contributed by atoms with E-state index < -0.39 is 5.54 Å². The molecule has 1 atom stereocenters. The molecule has 2 aromatic heterocycles. The van der Waals surface area contributed by atoms with Gasteiger partial charge in [0.15, 0.2) is 5.76 Å². The molecule has 7 nitrogen and oxygen atoms in total. The zero-order valence-electron chi connectivity index (χ0n) is 26.4. The summed E-state index contributed by atoms with van der Waals surface area (Å²) in [6.07, 6.45) is 9.59. The number of ether oxygens (including phenoxy) is 1. The molecule has 8 heteroatoms. The fourth-order valence-electron chi connectivity index (χ4n) is 5.89. The highest BCUT2D eigenvalue weighted by atomic mass is 32.1. The molecule has 2 amide bonds. The molecule has 232 valence electrons. The first-order chi connectivity index (χ1) is 20.7. The number of hydrogen-bond donors (Lipinski definition) is 2. The molecular weight excluding hydrogens is 558 g/mol. The van der Waals surface area contributed by atoms with Gasteiger partial charge in [-0.25, -0.2) is 4.99 Å². The summed E-state index contributed by atoms with van der Waals surface area (Å²) >= 11 is 1.54. The van der Waals surface area contributed by atoms with Gasteiger partial charge in [-0.1, -0.05) is 84.6 Å². The van der Waals surface area contributed by atoms with Crippen molar-refractivity contribution in [2.24, 2.45) is 10.9 Å². The summed E-state index contributed by atoms with van der Waals surface area (Å²) in [5.41, 5.74) is 0.802. The lowest BCUT2D eigenvalue weighted by Crippen LogP contribution is -2.62. The minimum Gasteiger partial charge on any atom is -0.480 e. The number of fused-ring (bicyclic) bond motifs is 1. The van der Waals surface area contributed by atoms with Gasteiger partial charge in [-0.15, -0.1) is 11.3 Å². The van der Waals surface area contributed by atoms with Gasteiger partial charge in [-0.2, -0.15) is 0 Å². The van der Waals surface area contributed by atoms with E-state index in [1.54, 1.807) is 13.2 Å². The summed E-state index contributed by atoms with van der Waals surface area (Å²) in [5, 5.41) is 9.26. The van der Waals surface area contributed by atoms with Crippen molar-refractivity contribution < 1.29 is 18.7 Å². The lowest BCUT2D eigenvalue weighted by atomic mass is 9.80. The van der Waals surface area contributed by atoms with E-state index in [0.29, 0.717) is 35.9 Å². The van der Waals surface area contributed by atoms with Crippen molar-refractivity contribution in [2.75, 3.05) is 7.11 Å². The van der Waals surface area contributed by atoms with Crippen molar-refractivity contribution in [1.82, 2.24) is 10.6 Å². The molecule has 2 heterocycles. The van der Waals surface area contributed by atoms with Crippen molar-refractivity contribution in [1.29, 1.82) is 0 Å². The van der Waals surface area contributed by atoms with Crippen LogP contribution in [0, 0.1) is 5.92 Å². The van der Waals surface area contributed by atoms with Crippen molar-refractivity contribution >= 4 is 45.7 Å². The molecule has 2 fully saturated rings. The van der Waals surface area contributed by atoms with Crippen LogP contribution in [0.25, 0.3) is 16.7 Å². The van der Waals surface area contributed by atoms with E-state index in [0.717, 1.165) is 60.8 Å². The van der Waals surface area contributed by atoms with Crippen LogP contribution in [0.2, 0.25) is 0 Å². The summed E-state index contributed by atoms with van der Waals surface area (Å²) < 4.78 is 11.5. The molecule has 0 bridgehead atoms. The molecular formula is C35H47N3O4S. The van der Waals surface area contributed by atoms with Crippen LogP contribution in [-0.2, 0) is 9.53 Å². The molecule has 2 aliphatic carbocycles. The number of nitrogens with one attached hydrogen (secondary N) is 2. The van der Waals surface area contributed by atoms with Crippen LogP contribution < -0.4 is 10.6 Å². The van der Waals surface area contributed by atoms with Gasteiger partial charge in [0.1, 0.15) is 11.1 Å². The fraction of sp³-hybridized carbons (Fsp3) is 0.514. The first-order valence-electron chi connectivity index (χ1n) is 15.7. The Labute approximate surface area is 260 Å². The van der Waals surface area contributed by atoms with Crippen molar-refractivity contribution in [3.8, 4) is 0 Å². The summed E-state index contributed by atoms with van der Waals surface area (Å²) in [6, 6.07) is 11.2. The third kappa shape index (κ3) is 7.58. The third-order valence-corrected chi connectivity index (χ3v) is 9.41. The number of hydrogen-bond acceptors (Lipinski definition) is 6. The number of furan rings is 1. The molecule has 43 heavy (non-hydrogen) atoms.